The lowest BCUT2D eigenvalue weighted by atomic mass is 9.89. The maximum atomic E-state index is 12.7. The van der Waals surface area contributed by atoms with E-state index in [1.807, 2.05) is 0 Å². The summed E-state index contributed by atoms with van der Waals surface area (Å²) in [5, 5.41) is 9.30. The summed E-state index contributed by atoms with van der Waals surface area (Å²) >= 11 is 0. The monoisotopic (exact) mass is 281 g/mol. The first-order chi connectivity index (χ1) is 9.63. The average Bonchev–Trinajstić information content (AvgIpc) is 2.97. The van der Waals surface area contributed by atoms with Crippen LogP contribution in [0.15, 0.2) is 0 Å². The largest absolute Gasteiger partial charge is 0.480 e. The summed E-state index contributed by atoms with van der Waals surface area (Å²) in [4.78, 5) is 25.7. The van der Waals surface area contributed by atoms with Gasteiger partial charge in [-0.25, -0.2) is 4.79 Å². The van der Waals surface area contributed by atoms with Gasteiger partial charge in [0, 0.05) is 12.5 Å². The number of piperidine rings is 1. The zero-order valence-electron chi connectivity index (χ0n) is 12.5. The van der Waals surface area contributed by atoms with Gasteiger partial charge in [-0.1, -0.05) is 32.6 Å². The van der Waals surface area contributed by atoms with Crippen molar-refractivity contribution in [1.29, 1.82) is 0 Å². The molecule has 2 atom stereocenters. The molecule has 1 N–H and O–H groups in total. The molecule has 0 aromatic heterocycles. The van der Waals surface area contributed by atoms with Gasteiger partial charge in [-0.15, -0.1) is 0 Å². The molecule has 1 amide bonds. The fourth-order valence-electron chi connectivity index (χ4n) is 3.78. The molecule has 0 radical (unpaired) electrons. The number of likely N-dealkylation sites (tertiary alicyclic amines) is 1. The zero-order chi connectivity index (χ0) is 14.5. The molecule has 1 saturated carbocycles. The van der Waals surface area contributed by atoms with E-state index in [1.165, 1.54) is 25.7 Å². The van der Waals surface area contributed by atoms with Crippen molar-refractivity contribution in [3.8, 4) is 0 Å². The van der Waals surface area contributed by atoms with Crippen molar-refractivity contribution in [3.63, 3.8) is 0 Å². The van der Waals surface area contributed by atoms with Crippen LogP contribution in [0.3, 0.4) is 0 Å². The van der Waals surface area contributed by atoms with Crippen LogP contribution in [-0.2, 0) is 9.59 Å². The molecule has 1 saturated heterocycles. The molecule has 1 aliphatic carbocycles. The molecular weight excluding hydrogens is 254 g/mol. The first-order valence-corrected chi connectivity index (χ1v) is 8.16. The lowest BCUT2D eigenvalue weighted by Gasteiger charge is -2.35. The van der Waals surface area contributed by atoms with Gasteiger partial charge in [-0.3, -0.25) is 4.79 Å². The van der Waals surface area contributed by atoms with Gasteiger partial charge in [-0.2, -0.15) is 0 Å². The Hall–Kier alpha value is -1.06. The van der Waals surface area contributed by atoms with Gasteiger partial charge in [0.25, 0.3) is 0 Å². The Kier molecular flexibility index (Phi) is 5.44. The minimum absolute atomic E-state index is 0.0260. The number of carboxylic acid groups (broad SMARTS) is 1. The van der Waals surface area contributed by atoms with E-state index in [-0.39, 0.29) is 11.8 Å². The van der Waals surface area contributed by atoms with Gasteiger partial charge in [-0.05, 0) is 38.0 Å². The topological polar surface area (TPSA) is 57.6 Å². The molecule has 2 aliphatic rings. The SMILES string of the molecule is CCC(CC1CCCC1)C(=O)N1CCCCC1C(=O)O. The number of hydrogen-bond acceptors (Lipinski definition) is 2. The van der Waals surface area contributed by atoms with E-state index in [1.54, 1.807) is 4.90 Å². The van der Waals surface area contributed by atoms with Crippen LogP contribution >= 0.6 is 0 Å². The number of rotatable bonds is 5. The molecule has 2 unspecified atom stereocenters. The lowest BCUT2D eigenvalue weighted by Crippen LogP contribution is -2.50. The molecule has 20 heavy (non-hydrogen) atoms. The van der Waals surface area contributed by atoms with Gasteiger partial charge in [0.05, 0.1) is 0 Å². The summed E-state index contributed by atoms with van der Waals surface area (Å²) in [6.45, 7) is 2.67. The Morgan fingerprint density at radius 1 is 1.15 bits per heavy atom. The predicted molar refractivity (Wildman–Crippen MR) is 77.3 cm³/mol. The molecule has 1 aliphatic heterocycles. The summed E-state index contributed by atoms with van der Waals surface area (Å²) in [6.07, 6.45) is 9.32. The zero-order valence-corrected chi connectivity index (χ0v) is 12.5. The quantitative estimate of drug-likeness (QED) is 0.842. The van der Waals surface area contributed by atoms with E-state index in [0.717, 1.165) is 25.7 Å². The molecule has 4 heteroatoms. The Morgan fingerprint density at radius 2 is 1.80 bits per heavy atom. The molecule has 0 bridgehead atoms. The van der Waals surface area contributed by atoms with Gasteiger partial charge >= 0.3 is 5.97 Å². The first kappa shape index (κ1) is 15.3. The highest BCUT2D eigenvalue weighted by Gasteiger charge is 2.35. The van der Waals surface area contributed by atoms with Crippen molar-refractivity contribution in [3.05, 3.63) is 0 Å². The minimum atomic E-state index is -0.839. The number of hydrogen-bond donors (Lipinski definition) is 1. The predicted octanol–water partition coefficient (Wildman–Crippen LogP) is 3.06. The van der Waals surface area contributed by atoms with Gasteiger partial charge in [0.15, 0.2) is 0 Å². The number of carbonyl (C=O) groups is 2. The molecule has 2 fully saturated rings. The van der Waals surface area contributed by atoms with Crippen LogP contribution in [-0.4, -0.2) is 34.5 Å². The van der Waals surface area contributed by atoms with E-state index in [0.29, 0.717) is 18.9 Å². The molecule has 0 aromatic carbocycles. The number of aliphatic carboxylic acids is 1. The Bertz CT molecular complexity index is 350. The van der Waals surface area contributed by atoms with Crippen molar-refractivity contribution in [2.24, 2.45) is 11.8 Å². The number of carboxylic acids is 1. The van der Waals surface area contributed by atoms with E-state index in [9.17, 15) is 14.7 Å². The first-order valence-electron chi connectivity index (χ1n) is 8.16. The lowest BCUT2D eigenvalue weighted by molar-refractivity contribution is -0.154. The average molecular weight is 281 g/mol. The highest BCUT2D eigenvalue weighted by atomic mass is 16.4. The van der Waals surface area contributed by atoms with Crippen molar-refractivity contribution >= 4 is 11.9 Å². The van der Waals surface area contributed by atoms with Crippen molar-refractivity contribution in [2.45, 2.75) is 70.8 Å². The smallest absolute Gasteiger partial charge is 0.326 e. The maximum absolute atomic E-state index is 12.7. The fourth-order valence-corrected chi connectivity index (χ4v) is 3.78. The number of carbonyl (C=O) groups excluding carboxylic acids is 1. The summed E-state index contributed by atoms with van der Waals surface area (Å²) in [5.41, 5.74) is 0. The van der Waals surface area contributed by atoms with Gasteiger partial charge < -0.3 is 10.0 Å². The second-order valence-electron chi connectivity index (χ2n) is 6.37. The van der Waals surface area contributed by atoms with E-state index in [4.69, 9.17) is 0 Å². The molecule has 4 nitrogen and oxygen atoms in total. The highest BCUT2D eigenvalue weighted by Crippen LogP contribution is 2.33. The van der Waals surface area contributed by atoms with E-state index < -0.39 is 12.0 Å². The minimum Gasteiger partial charge on any atom is -0.480 e. The summed E-state index contributed by atoms with van der Waals surface area (Å²) in [7, 11) is 0. The molecule has 0 spiro atoms. The molecule has 1 heterocycles. The fraction of sp³-hybridized carbons (Fsp3) is 0.875. The van der Waals surface area contributed by atoms with Crippen molar-refractivity contribution in [2.75, 3.05) is 6.54 Å². The second-order valence-corrected chi connectivity index (χ2v) is 6.37. The molecule has 114 valence electrons. The van der Waals surface area contributed by atoms with Crippen molar-refractivity contribution in [1.82, 2.24) is 4.90 Å². The summed E-state index contributed by atoms with van der Waals surface area (Å²) in [5.74, 6) is -0.0460. The van der Waals surface area contributed by atoms with Gasteiger partial charge in [0.2, 0.25) is 5.91 Å². The van der Waals surface area contributed by atoms with Crippen LogP contribution in [0, 0.1) is 11.8 Å². The van der Waals surface area contributed by atoms with Crippen LogP contribution in [0.5, 0.6) is 0 Å². The summed E-state index contributed by atoms with van der Waals surface area (Å²) < 4.78 is 0. The molecule has 2 rings (SSSR count). The molecular formula is C16H27NO3. The number of nitrogens with zero attached hydrogens (tertiary/aromatic N) is 1. The van der Waals surface area contributed by atoms with Crippen LogP contribution in [0.25, 0.3) is 0 Å². The van der Waals surface area contributed by atoms with E-state index >= 15 is 0 Å². The Labute approximate surface area is 121 Å². The van der Waals surface area contributed by atoms with E-state index in [2.05, 4.69) is 6.92 Å². The Morgan fingerprint density at radius 3 is 2.40 bits per heavy atom. The van der Waals surface area contributed by atoms with Crippen molar-refractivity contribution < 1.29 is 14.7 Å². The maximum Gasteiger partial charge on any atom is 0.326 e. The third-order valence-electron chi connectivity index (χ3n) is 5.01. The third-order valence-corrected chi connectivity index (χ3v) is 5.01. The van der Waals surface area contributed by atoms with Crippen LogP contribution in [0.2, 0.25) is 0 Å². The van der Waals surface area contributed by atoms with Crippen LogP contribution in [0.1, 0.15) is 64.7 Å². The standard InChI is InChI=1S/C16H27NO3/c1-2-13(11-12-7-3-4-8-12)15(18)17-10-6-5-9-14(17)16(19)20/h12-14H,2-11H2,1H3,(H,19,20). The number of amides is 1. The van der Waals surface area contributed by atoms with Crippen LogP contribution in [0.4, 0.5) is 0 Å². The Balaban J connectivity index is 1.99. The molecule has 0 aromatic rings. The second kappa shape index (κ2) is 7.09. The third kappa shape index (κ3) is 3.53. The van der Waals surface area contributed by atoms with Crippen LogP contribution < -0.4 is 0 Å². The summed E-state index contributed by atoms with van der Waals surface area (Å²) in [6, 6.07) is -0.589. The van der Waals surface area contributed by atoms with Gasteiger partial charge in [0.1, 0.15) is 6.04 Å². The highest BCUT2D eigenvalue weighted by molar-refractivity contribution is 5.85. The normalized spacial score (nSPS) is 25.6.